The van der Waals surface area contributed by atoms with E-state index in [0.29, 0.717) is 17.8 Å². The van der Waals surface area contributed by atoms with Crippen molar-refractivity contribution >= 4 is 41.1 Å². The van der Waals surface area contributed by atoms with Crippen LogP contribution in [0.5, 0.6) is 0 Å². The summed E-state index contributed by atoms with van der Waals surface area (Å²) in [7, 11) is 0. The van der Waals surface area contributed by atoms with Gasteiger partial charge in [-0.15, -0.1) is 0 Å². The molecule has 1 aromatic carbocycles. The Morgan fingerprint density at radius 2 is 1.64 bits per heavy atom. The lowest BCUT2D eigenvalue weighted by atomic mass is 9.53. The van der Waals surface area contributed by atoms with Gasteiger partial charge < -0.3 is 10.1 Å². The van der Waals surface area contributed by atoms with Crippen LogP contribution in [0.1, 0.15) is 48.9 Å². The number of nitrogens with one attached hydrogen (secondary N) is 2. The molecule has 4 bridgehead atoms. The van der Waals surface area contributed by atoms with Crippen molar-refractivity contribution < 1.29 is 19.1 Å². The molecule has 5 rings (SSSR count). The van der Waals surface area contributed by atoms with Gasteiger partial charge in [0.1, 0.15) is 0 Å². The van der Waals surface area contributed by atoms with Crippen molar-refractivity contribution in [3.05, 3.63) is 33.8 Å². The number of carbonyl (C=O) groups excluding carboxylic acids is 3. The van der Waals surface area contributed by atoms with E-state index in [2.05, 4.69) is 10.6 Å². The predicted molar refractivity (Wildman–Crippen MR) is 104 cm³/mol. The highest BCUT2D eigenvalue weighted by Crippen LogP contribution is 2.55. The maximum absolute atomic E-state index is 12.3. The van der Waals surface area contributed by atoms with E-state index in [1.807, 2.05) is 0 Å². The van der Waals surface area contributed by atoms with Crippen LogP contribution in [0.3, 0.4) is 0 Å². The van der Waals surface area contributed by atoms with Gasteiger partial charge in [0.2, 0.25) is 0 Å². The van der Waals surface area contributed by atoms with Gasteiger partial charge in [-0.25, -0.2) is 9.59 Å². The zero-order valence-corrected chi connectivity index (χ0v) is 16.8. The molecule has 150 valence electrons. The van der Waals surface area contributed by atoms with Gasteiger partial charge in [-0.2, -0.15) is 0 Å². The minimum absolute atomic E-state index is 0.0640. The van der Waals surface area contributed by atoms with Gasteiger partial charge in [-0.1, -0.05) is 29.3 Å². The first-order chi connectivity index (χ1) is 13.3. The monoisotopic (exact) mass is 424 g/mol. The number of carbonyl (C=O) groups is 3. The Morgan fingerprint density at radius 3 is 2.25 bits per heavy atom. The van der Waals surface area contributed by atoms with Crippen LogP contribution in [0.4, 0.5) is 4.79 Å². The highest BCUT2D eigenvalue weighted by atomic mass is 35.5. The lowest BCUT2D eigenvalue weighted by Crippen LogP contribution is -2.62. The molecule has 6 nitrogen and oxygen atoms in total. The van der Waals surface area contributed by atoms with E-state index in [-0.39, 0.29) is 21.1 Å². The molecule has 28 heavy (non-hydrogen) atoms. The van der Waals surface area contributed by atoms with Crippen LogP contribution in [-0.4, -0.2) is 30.1 Å². The molecular weight excluding hydrogens is 403 g/mol. The molecule has 0 saturated heterocycles. The van der Waals surface area contributed by atoms with Crippen LogP contribution in [0.2, 0.25) is 10.0 Å². The summed E-state index contributed by atoms with van der Waals surface area (Å²) in [6, 6.07) is 4.03. The molecule has 0 radical (unpaired) electrons. The molecule has 0 aromatic heterocycles. The summed E-state index contributed by atoms with van der Waals surface area (Å²) in [6.45, 7) is -0.573. The molecule has 4 aliphatic rings. The summed E-state index contributed by atoms with van der Waals surface area (Å²) in [5, 5.41) is 5.59. The van der Waals surface area contributed by atoms with Gasteiger partial charge in [0.25, 0.3) is 5.91 Å². The van der Waals surface area contributed by atoms with Crippen molar-refractivity contribution in [1.29, 1.82) is 0 Å². The largest absolute Gasteiger partial charge is 0.452 e. The van der Waals surface area contributed by atoms with Gasteiger partial charge in [-0.3, -0.25) is 10.1 Å². The average Bonchev–Trinajstić information content (AvgIpc) is 2.60. The third-order valence-corrected chi connectivity index (χ3v) is 6.99. The maximum Gasteiger partial charge on any atom is 0.340 e. The summed E-state index contributed by atoms with van der Waals surface area (Å²) < 4.78 is 4.95. The molecule has 0 heterocycles. The summed E-state index contributed by atoms with van der Waals surface area (Å²) in [6.07, 6.45) is 6.77. The van der Waals surface area contributed by atoms with Crippen LogP contribution < -0.4 is 10.6 Å². The highest BCUT2D eigenvalue weighted by molar-refractivity contribution is 6.43. The van der Waals surface area contributed by atoms with Crippen molar-refractivity contribution in [1.82, 2.24) is 10.6 Å². The molecule has 8 heteroatoms. The smallest absolute Gasteiger partial charge is 0.340 e. The molecule has 0 unspecified atom stereocenters. The number of benzene rings is 1. The first-order valence-electron chi connectivity index (χ1n) is 9.57. The second-order valence-corrected chi connectivity index (χ2v) is 9.16. The number of hydrogen-bond donors (Lipinski definition) is 2. The summed E-state index contributed by atoms with van der Waals surface area (Å²) >= 11 is 11.8. The molecule has 0 aliphatic heterocycles. The Morgan fingerprint density at radius 1 is 1.04 bits per heavy atom. The fraction of sp³-hybridized carbons (Fsp3) is 0.550. The molecule has 4 fully saturated rings. The SMILES string of the molecule is O=C(COC(=O)c1cccc(Cl)c1Cl)NC(=O)NC12CC3CC(CC(C3)C1)C2. The Labute approximate surface area is 173 Å². The van der Waals surface area contributed by atoms with E-state index in [0.717, 1.165) is 19.3 Å². The summed E-state index contributed by atoms with van der Waals surface area (Å²) in [5.41, 5.74) is -0.121. The molecule has 4 aliphatic carbocycles. The van der Waals surface area contributed by atoms with Gasteiger partial charge in [-0.05, 0) is 68.4 Å². The van der Waals surface area contributed by atoms with Crippen molar-refractivity contribution in [2.45, 2.75) is 44.1 Å². The summed E-state index contributed by atoms with van der Waals surface area (Å²) in [4.78, 5) is 36.4. The normalized spacial score (nSPS) is 30.0. The molecule has 0 spiro atoms. The number of esters is 1. The number of urea groups is 1. The van der Waals surface area contributed by atoms with E-state index in [4.69, 9.17) is 27.9 Å². The van der Waals surface area contributed by atoms with Gasteiger partial charge in [0, 0.05) is 5.54 Å². The van der Waals surface area contributed by atoms with E-state index in [1.54, 1.807) is 12.1 Å². The second-order valence-electron chi connectivity index (χ2n) is 8.38. The first-order valence-corrected chi connectivity index (χ1v) is 10.3. The quantitative estimate of drug-likeness (QED) is 0.716. The van der Waals surface area contributed by atoms with E-state index < -0.39 is 24.5 Å². The third kappa shape index (κ3) is 3.98. The van der Waals surface area contributed by atoms with Crippen LogP contribution in [0.25, 0.3) is 0 Å². The lowest BCUT2D eigenvalue weighted by Gasteiger charge is -2.56. The van der Waals surface area contributed by atoms with Crippen LogP contribution in [0.15, 0.2) is 18.2 Å². The van der Waals surface area contributed by atoms with Gasteiger partial charge in [0.15, 0.2) is 6.61 Å². The van der Waals surface area contributed by atoms with Crippen molar-refractivity contribution in [2.24, 2.45) is 17.8 Å². The van der Waals surface area contributed by atoms with E-state index in [1.165, 1.54) is 25.3 Å². The zero-order chi connectivity index (χ0) is 19.9. The minimum atomic E-state index is -0.774. The van der Waals surface area contributed by atoms with Crippen molar-refractivity contribution in [3.63, 3.8) is 0 Å². The predicted octanol–water partition coefficient (Wildman–Crippen LogP) is 3.94. The van der Waals surface area contributed by atoms with E-state index in [9.17, 15) is 14.4 Å². The third-order valence-electron chi connectivity index (χ3n) is 6.18. The number of imide groups is 1. The van der Waals surface area contributed by atoms with Crippen LogP contribution in [-0.2, 0) is 9.53 Å². The Hall–Kier alpha value is -1.79. The van der Waals surface area contributed by atoms with Gasteiger partial charge >= 0.3 is 12.0 Å². The standard InChI is InChI=1S/C20H22Cl2N2O4/c21-15-3-1-2-14(17(15)22)18(26)28-10-16(25)23-19(27)24-20-7-11-4-12(8-20)6-13(5-11)9-20/h1-3,11-13H,4-10H2,(H2,23,24,25,27). The zero-order valence-electron chi connectivity index (χ0n) is 15.3. The minimum Gasteiger partial charge on any atom is -0.452 e. The van der Waals surface area contributed by atoms with Gasteiger partial charge in [0.05, 0.1) is 15.6 Å². The Kier molecular flexibility index (Phi) is 5.27. The molecule has 4 saturated carbocycles. The average molecular weight is 425 g/mol. The number of rotatable bonds is 4. The van der Waals surface area contributed by atoms with E-state index >= 15 is 0 Å². The van der Waals surface area contributed by atoms with Crippen molar-refractivity contribution in [2.75, 3.05) is 6.61 Å². The van der Waals surface area contributed by atoms with Crippen LogP contribution >= 0.6 is 23.2 Å². The second kappa shape index (κ2) is 7.56. The fourth-order valence-corrected chi connectivity index (χ4v) is 5.95. The number of amides is 3. The lowest BCUT2D eigenvalue weighted by molar-refractivity contribution is -0.123. The fourth-order valence-electron chi connectivity index (χ4n) is 5.57. The number of halogens is 2. The van der Waals surface area contributed by atoms with Crippen molar-refractivity contribution in [3.8, 4) is 0 Å². The molecule has 1 aromatic rings. The first kappa shape index (κ1) is 19.5. The Bertz CT molecular complexity index is 791. The summed E-state index contributed by atoms with van der Waals surface area (Å²) in [5.74, 6) is 0.597. The topological polar surface area (TPSA) is 84.5 Å². The number of ether oxygens (including phenoxy) is 1. The molecule has 0 atom stereocenters. The molecular formula is C20H22Cl2N2O4. The molecule has 3 amide bonds. The number of hydrogen-bond acceptors (Lipinski definition) is 4. The molecule has 2 N–H and O–H groups in total. The maximum atomic E-state index is 12.3. The highest BCUT2D eigenvalue weighted by Gasteiger charge is 2.51. The Balaban J connectivity index is 1.28. The van der Waals surface area contributed by atoms with Crippen LogP contribution in [0, 0.1) is 17.8 Å².